The zero-order valence-corrected chi connectivity index (χ0v) is 12.8. The van der Waals surface area contributed by atoms with Crippen molar-refractivity contribution in [3.63, 3.8) is 0 Å². The first kappa shape index (κ1) is 16.1. The van der Waals surface area contributed by atoms with Crippen LogP contribution in [-0.2, 0) is 16.0 Å². The predicted molar refractivity (Wildman–Crippen MR) is 80.2 cm³/mol. The highest BCUT2D eigenvalue weighted by Crippen LogP contribution is 2.32. The molecule has 2 rings (SSSR count). The van der Waals surface area contributed by atoms with Gasteiger partial charge in [-0.05, 0) is 43.4 Å². The van der Waals surface area contributed by atoms with Crippen molar-refractivity contribution in [3.8, 4) is 11.5 Å². The maximum absolute atomic E-state index is 12.0. The molecule has 0 bridgehead atoms. The summed E-state index contributed by atoms with van der Waals surface area (Å²) in [5.74, 6) is 0.0616. The van der Waals surface area contributed by atoms with E-state index in [9.17, 15) is 14.7 Å². The van der Waals surface area contributed by atoms with Crippen LogP contribution >= 0.6 is 0 Å². The number of benzene rings is 1. The number of hydrogen-bond donors (Lipinski definition) is 2. The number of carboxylic acid groups (broad SMARTS) is 1. The van der Waals surface area contributed by atoms with Gasteiger partial charge in [0.2, 0.25) is 5.91 Å². The third kappa shape index (κ3) is 3.32. The van der Waals surface area contributed by atoms with Crippen molar-refractivity contribution in [3.05, 3.63) is 23.8 Å². The Morgan fingerprint density at radius 2 is 1.91 bits per heavy atom. The van der Waals surface area contributed by atoms with Crippen LogP contribution in [0.25, 0.3) is 0 Å². The molecular weight excluding hydrogens is 286 g/mol. The van der Waals surface area contributed by atoms with Crippen LogP contribution in [-0.4, -0.2) is 36.7 Å². The van der Waals surface area contributed by atoms with Gasteiger partial charge in [-0.25, -0.2) is 4.79 Å². The molecule has 1 aliphatic rings. The number of carbonyl (C=O) groups is 2. The number of methoxy groups -OCH3 is 2. The van der Waals surface area contributed by atoms with Gasteiger partial charge in [0.15, 0.2) is 11.5 Å². The monoisotopic (exact) mass is 307 g/mol. The minimum absolute atomic E-state index is 0.239. The number of aryl methyl sites for hydroxylation is 1. The Hall–Kier alpha value is -2.24. The summed E-state index contributed by atoms with van der Waals surface area (Å²) in [6.45, 7) is 0. The van der Waals surface area contributed by atoms with Crippen molar-refractivity contribution in [1.29, 1.82) is 0 Å². The summed E-state index contributed by atoms with van der Waals surface area (Å²) in [5, 5.41) is 11.9. The molecule has 0 spiro atoms. The highest BCUT2D eigenvalue weighted by molar-refractivity contribution is 5.87. The zero-order chi connectivity index (χ0) is 16.2. The van der Waals surface area contributed by atoms with E-state index in [0.29, 0.717) is 30.8 Å². The molecule has 6 nitrogen and oxygen atoms in total. The van der Waals surface area contributed by atoms with Crippen molar-refractivity contribution in [2.75, 3.05) is 14.2 Å². The Morgan fingerprint density at radius 3 is 2.41 bits per heavy atom. The minimum Gasteiger partial charge on any atom is -0.493 e. The number of hydrogen-bond acceptors (Lipinski definition) is 4. The van der Waals surface area contributed by atoms with Crippen LogP contribution in [0.15, 0.2) is 18.2 Å². The van der Waals surface area contributed by atoms with Crippen LogP contribution in [0, 0.1) is 0 Å². The SMILES string of the molecule is COc1ccc(CCC(=O)NC2(C(=O)O)CCC2)cc1OC. The van der Waals surface area contributed by atoms with Crippen LogP contribution < -0.4 is 14.8 Å². The second kappa shape index (κ2) is 6.68. The number of amides is 1. The highest BCUT2D eigenvalue weighted by Gasteiger charge is 2.45. The maximum Gasteiger partial charge on any atom is 0.329 e. The molecule has 0 radical (unpaired) electrons. The van der Waals surface area contributed by atoms with E-state index in [0.717, 1.165) is 12.0 Å². The van der Waals surface area contributed by atoms with Gasteiger partial charge in [0.1, 0.15) is 5.54 Å². The fourth-order valence-electron chi connectivity index (χ4n) is 2.55. The van der Waals surface area contributed by atoms with Gasteiger partial charge in [0, 0.05) is 6.42 Å². The summed E-state index contributed by atoms with van der Waals surface area (Å²) in [6.07, 6.45) is 2.60. The molecule has 1 fully saturated rings. The largest absolute Gasteiger partial charge is 0.493 e. The lowest BCUT2D eigenvalue weighted by molar-refractivity contribution is -0.151. The van der Waals surface area contributed by atoms with Crippen LogP contribution in [0.2, 0.25) is 0 Å². The lowest BCUT2D eigenvalue weighted by atomic mass is 9.76. The van der Waals surface area contributed by atoms with Gasteiger partial charge in [-0.3, -0.25) is 4.79 Å². The molecule has 0 atom stereocenters. The standard InChI is InChI=1S/C16H21NO5/c1-21-12-6-4-11(10-13(12)22-2)5-7-14(18)17-16(15(19)20)8-3-9-16/h4,6,10H,3,5,7-9H2,1-2H3,(H,17,18)(H,19,20). The molecule has 0 saturated heterocycles. The molecule has 0 heterocycles. The predicted octanol–water partition coefficient (Wildman–Crippen LogP) is 1.76. The number of rotatable bonds is 7. The Labute approximate surface area is 129 Å². The first-order valence-corrected chi connectivity index (χ1v) is 7.26. The summed E-state index contributed by atoms with van der Waals surface area (Å²) in [6, 6.07) is 5.48. The van der Waals surface area contributed by atoms with Crippen LogP contribution in [0.4, 0.5) is 0 Å². The van der Waals surface area contributed by atoms with E-state index in [1.807, 2.05) is 12.1 Å². The molecule has 1 amide bonds. The number of ether oxygens (including phenoxy) is 2. The van der Waals surface area contributed by atoms with Crippen molar-refractivity contribution < 1.29 is 24.2 Å². The third-order valence-electron chi connectivity index (χ3n) is 4.08. The van der Waals surface area contributed by atoms with E-state index in [2.05, 4.69) is 5.32 Å². The second-order valence-corrected chi connectivity index (χ2v) is 5.48. The van der Waals surface area contributed by atoms with Crippen LogP contribution in [0.1, 0.15) is 31.2 Å². The second-order valence-electron chi connectivity index (χ2n) is 5.48. The van der Waals surface area contributed by atoms with Gasteiger partial charge in [-0.1, -0.05) is 6.07 Å². The zero-order valence-electron chi connectivity index (χ0n) is 12.8. The Kier molecular flexibility index (Phi) is 4.90. The molecule has 0 aromatic heterocycles. The Bertz CT molecular complexity index is 566. The summed E-state index contributed by atoms with van der Waals surface area (Å²) < 4.78 is 10.4. The number of nitrogens with one attached hydrogen (secondary N) is 1. The molecule has 2 N–H and O–H groups in total. The molecule has 6 heteroatoms. The lowest BCUT2D eigenvalue weighted by Crippen LogP contribution is -2.59. The molecule has 120 valence electrons. The number of carboxylic acids is 1. The molecule has 0 aliphatic heterocycles. The average Bonchev–Trinajstić information content (AvgIpc) is 2.48. The smallest absolute Gasteiger partial charge is 0.329 e. The summed E-state index contributed by atoms with van der Waals surface area (Å²) in [5.41, 5.74) is -0.111. The minimum atomic E-state index is -1.05. The first-order chi connectivity index (χ1) is 10.5. The normalized spacial score (nSPS) is 15.5. The molecule has 1 aromatic carbocycles. The van der Waals surface area contributed by atoms with E-state index >= 15 is 0 Å². The van der Waals surface area contributed by atoms with E-state index in [1.54, 1.807) is 20.3 Å². The topological polar surface area (TPSA) is 84.9 Å². The highest BCUT2D eigenvalue weighted by atomic mass is 16.5. The maximum atomic E-state index is 12.0. The lowest BCUT2D eigenvalue weighted by Gasteiger charge is -2.38. The summed E-state index contributed by atoms with van der Waals surface area (Å²) in [4.78, 5) is 23.2. The van der Waals surface area contributed by atoms with Crippen molar-refractivity contribution in [1.82, 2.24) is 5.32 Å². The van der Waals surface area contributed by atoms with Crippen molar-refractivity contribution in [2.24, 2.45) is 0 Å². The van der Waals surface area contributed by atoms with Gasteiger partial charge in [-0.2, -0.15) is 0 Å². The molecule has 1 aliphatic carbocycles. The Morgan fingerprint density at radius 1 is 1.23 bits per heavy atom. The fraction of sp³-hybridized carbons (Fsp3) is 0.500. The van der Waals surface area contributed by atoms with Gasteiger partial charge in [0.25, 0.3) is 0 Å². The van der Waals surface area contributed by atoms with Gasteiger partial charge in [-0.15, -0.1) is 0 Å². The first-order valence-electron chi connectivity index (χ1n) is 7.26. The summed E-state index contributed by atoms with van der Waals surface area (Å²) in [7, 11) is 3.12. The third-order valence-corrected chi connectivity index (χ3v) is 4.08. The van der Waals surface area contributed by atoms with Gasteiger partial charge in [0.05, 0.1) is 14.2 Å². The van der Waals surface area contributed by atoms with Gasteiger partial charge < -0.3 is 19.9 Å². The van der Waals surface area contributed by atoms with E-state index in [4.69, 9.17) is 9.47 Å². The van der Waals surface area contributed by atoms with Crippen molar-refractivity contribution >= 4 is 11.9 Å². The molecule has 1 saturated carbocycles. The molecule has 22 heavy (non-hydrogen) atoms. The van der Waals surface area contributed by atoms with Gasteiger partial charge >= 0.3 is 5.97 Å². The Balaban J connectivity index is 1.92. The molecule has 1 aromatic rings. The van der Waals surface area contributed by atoms with Crippen molar-refractivity contribution in [2.45, 2.75) is 37.6 Å². The fourth-order valence-corrected chi connectivity index (χ4v) is 2.55. The number of carbonyl (C=O) groups excluding carboxylic acids is 1. The van der Waals surface area contributed by atoms with Crippen LogP contribution in [0.3, 0.4) is 0 Å². The summed E-state index contributed by atoms with van der Waals surface area (Å²) >= 11 is 0. The molecular formula is C16H21NO5. The van der Waals surface area contributed by atoms with E-state index in [-0.39, 0.29) is 12.3 Å². The average molecular weight is 307 g/mol. The molecule has 0 unspecified atom stereocenters. The van der Waals surface area contributed by atoms with E-state index in [1.165, 1.54) is 0 Å². The van der Waals surface area contributed by atoms with E-state index < -0.39 is 11.5 Å². The van der Waals surface area contributed by atoms with Crippen LogP contribution in [0.5, 0.6) is 11.5 Å². The quantitative estimate of drug-likeness (QED) is 0.802. The number of aliphatic carboxylic acids is 1.